The lowest BCUT2D eigenvalue weighted by Gasteiger charge is -2.10. The molecule has 126 valence electrons. The van der Waals surface area contributed by atoms with E-state index in [0.29, 0.717) is 12.5 Å². The van der Waals surface area contributed by atoms with E-state index >= 15 is 0 Å². The topological polar surface area (TPSA) is 31.0 Å². The Hall–Kier alpha value is -1.48. The van der Waals surface area contributed by atoms with Crippen molar-refractivity contribution in [2.45, 2.75) is 64.6 Å². The fourth-order valence-electron chi connectivity index (χ4n) is 3.15. The Kier molecular flexibility index (Phi) is 4.18. The second-order valence-electron chi connectivity index (χ2n) is 7.62. The molecule has 0 N–H and O–H groups in total. The molecule has 1 aromatic rings. The summed E-state index contributed by atoms with van der Waals surface area (Å²) in [5, 5.41) is 0. The van der Waals surface area contributed by atoms with Crippen LogP contribution in [0.2, 0.25) is 0 Å². The summed E-state index contributed by atoms with van der Waals surface area (Å²) in [7, 11) is 0. The lowest BCUT2D eigenvalue weighted by molar-refractivity contribution is 0.277. The van der Waals surface area contributed by atoms with Crippen molar-refractivity contribution in [1.29, 1.82) is 0 Å². The summed E-state index contributed by atoms with van der Waals surface area (Å²) < 4.78 is 17.3. The van der Waals surface area contributed by atoms with Gasteiger partial charge >= 0.3 is 0 Å². The molecule has 23 heavy (non-hydrogen) atoms. The molecule has 1 aromatic carbocycles. The number of rotatable bonds is 6. The fourth-order valence-corrected chi connectivity index (χ4v) is 3.15. The number of fused-ring (bicyclic) bond motifs is 1. The van der Waals surface area contributed by atoms with E-state index in [4.69, 9.17) is 14.2 Å². The van der Waals surface area contributed by atoms with Gasteiger partial charge in [0, 0.05) is 17.5 Å². The van der Waals surface area contributed by atoms with Crippen molar-refractivity contribution in [1.82, 2.24) is 0 Å². The molecule has 2 heterocycles. The molecule has 0 bridgehead atoms. The van der Waals surface area contributed by atoms with Gasteiger partial charge in [0.25, 0.3) is 0 Å². The van der Waals surface area contributed by atoms with Crippen LogP contribution >= 0.6 is 0 Å². The summed E-state index contributed by atoms with van der Waals surface area (Å²) in [4.78, 5) is 0. The Morgan fingerprint density at radius 1 is 1.35 bits per heavy atom. The van der Waals surface area contributed by atoms with E-state index in [1.165, 1.54) is 11.1 Å². The Morgan fingerprint density at radius 3 is 2.78 bits per heavy atom. The van der Waals surface area contributed by atoms with Crippen molar-refractivity contribution in [2.75, 3.05) is 13.2 Å². The largest absolute Gasteiger partial charge is 0.493 e. The van der Waals surface area contributed by atoms with Crippen LogP contribution in [0.25, 0.3) is 0 Å². The maximum atomic E-state index is 5.84. The van der Waals surface area contributed by atoms with Gasteiger partial charge in [0.1, 0.15) is 18.1 Å². The SMILES string of the molecule is C/C(=C\COc1ccc2c(c1)OCC2C)CCC1(C)OC1(C)C. The van der Waals surface area contributed by atoms with Crippen LogP contribution in [0.1, 0.15) is 58.9 Å². The molecule has 0 amide bonds. The van der Waals surface area contributed by atoms with Gasteiger partial charge < -0.3 is 14.2 Å². The summed E-state index contributed by atoms with van der Waals surface area (Å²) in [6, 6.07) is 6.16. The normalized spacial score (nSPS) is 28.2. The molecule has 0 aromatic heterocycles. The predicted molar refractivity (Wildman–Crippen MR) is 92.4 cm³/mol. The number of allylic oxidation sites excluding steroid dienone is 1. The van der Waals surface area contributed by atoms with E-state index in [1.54, 1.807) is 0 Å². The minimum Gasteiger partial charge on any atom is -0.493 e. The van der Waals surface area contributed by atoms with Crippen LogP contribution in [0.4, 0.5) is 0 Å². The monoisotopic (exact) mass is 316 g/mol. The molecule has 1 saturated heterocycles. The van der Waals surface area contributed by atoms with Gasteiger partial charge in [-0.1, -0.05) is 18.6 Å². The smallest absolute Gasteiger partial charge is 0.126 e. The van der Waals surface area contributed by atoms with Crippen molar-refractivity contribution >= 4 is 0 Å². The van der Waals surface area contributed by atoms with Crippen LogP contribution in [0.3, 0.4) is 0 Å². The molecular formula is C20H28O3. The zero-order chi connectivity index (χ0) is 16.7. The number of hydrogen-bond donors (Lipinski definition) is 0. The molecular weight excluding hydrogens is 288 g/mol. The molecule has 0 aliphatic carbocycles. The second kappa shape index (κ2) is 5.86. The molecule has 3 heteroatoms. The lowest BCUT2D eigenvalue weighted by Crippen LogP contribution is -2.16. The number of hydrogen-bond acceptors (Lipinski definition) is 3. The molecule has 3 rings (SSSR count). The van der Waals surface area contributed by atoms with Crippen LogP contribution < -0.4 is 9.47 Å². The molecule has 0 radical (unpaired) electrons. The summed E-state index contributed by atoms with van der Waals surface area (Å²) in [6.45, 7) is 12.2. The Balaban J connectivity index is 1.47. The van der Waals surface area contributed by atoms with E-state index in [2.05, 4.69) is 46.8 Å². The van der Waals surface area contributed by atoms with Gasteiger partial charge in [0.2, 0.25) is 0 Å². The van der Waals surface area contributed by atoms with E-state index in [9.17, 15) is 0 Å². The van der Waals surface area contributed by atoms with Gasteiger partial charge in [0.05, 0.1) is 17.8 Å². The molecule has 0 saturated carbocycles. The van der Waals surface area contributed by atoms with Gasteiger partial charge in [-0.2, -0.15) is 0 Å². The molecule has 1 fully saturated rings. The standard InChI is InChI=1S/C20H28O3/c1-14(8-10-20(5)19(3,4)23-20)9-11-21-16-6-7-17-15(2)13-22-18(17)12-16/h6-7,9,12,15H,8,10-11,13H2,1-5H3/b14-9+. The zero-order valence-corrected chi connectivity index (χ0v) is 14.9. The third-order valence-corrected chi connectivity index (χ3v) is 5.40. The van der Waals surface area contributed by atoms with E-state index in [0.717, 1.165) is 30.9 Å². The van der Waals surface area contributed by atoms with Gasteiger partial charge in [0.15, 0.2) is 0 Å². The van der Waals surface area contributed by atoms with Crippen molar-refractivity contribution in [3.05, 3.63) is 35.4 Å². The molecule has 2 atom stereocenters. The predicted octanol–water partition coefficient (Wildman–Crippen LogP) is 4.86. The number of ether oxygens (including phenoxy) is 3. The van der Waals surface area contributed by atoms with Gasteiger partial charge in [-0.15, -0.1) is 0 Å². The Morgan fingerprint density at radius 2 is 2.09 bits per heavy atom. The number of epoxide rings is 1. The average molecular weight is 316 g/mol. The van der Waals surface area contributed by atoms with Crippen LogP contribution in [-0.4, -0.2) is 24.4 Å². The molecule has 2 unspecified atom stereocenters. The van der Waals surface area contributed by atoms with Crippen molar-refractivity contribution in [2.24, 2.45) is 0 Å². The first-order valence-electron chi connectivity index (χ1n) is 8.56. The van der Waals surface area contributed by atoms with Crippen LogP contribution in [0.5, 0.6) is 11.5 Å². The van der Waals surface area contributed by atoms with Crippen molar-refractivity contribution in [3.63, 3.8) is 0 Å². The minimum absolute atomic E-state index is 0.0331. The van der Waals surface area contributed by atoms with Gasteiger partial charge in [-0.05, 0) is 52.7 Å². The molecule has 2 aliphatic heterocycles. The van der Waals surface area contributed by atoms with Gasteiger partial charge in [-0.25, -0.2) is 0 Å². The lowest BCUT2D eigenvalue weighted by atomic mass is 9.91. The minimum atomic E-state index is 0.0331. The summed E-state index contributed by atoms with van der Waals surface area (Å²) in [5.41, 5.74) is 2.70. The first kappa shape index (κ1) is 16.4. The summed E-state index contributed by atoms with van der Waals surface area (Å²) in [5.74, 6) is 2.33. The highest BCUT2D eigenvalue weighted by atomic mass is 16.6. The first-order valence-corrected chi connectivity index (χ1v) is 8.56. The maximum Gasteiger partial charge on any atom is 0.126 e. The van der Waals surface area contributed by atoms with E-state index in [-0.39, 0.29) is 11.2 Å². The van der Waals surface area contributed by atoms with Gasteiger partial charge in [-0.3, -0.25) is 0 Å². The van der Waals surface area contributed by atoms with Crippen LogP contribution in [0, 0.1) is 0 Å². The van der Waals surface area contributed by atoms with Crippen LogP contribution in [0.15, 0.2) is 29.8 Å². The Labute approximate surface area is 139 Å². The second-order valence-corrected chi connectivity index (χ2v) is 7.62. The molecule has 0 spiro atoms. The highest BCUT2D eigenvalue weighted by Crippen LogP contribution is 2.50. The van der Waals surface area contributed by atoms with E-state index in [1.807, 2.05) is 12.1 Å². The van der Waals surface area contributed by atoms with Crippen molar-refractivity contribution in [3.8, 4) is 11.5 Å². The quantitative estimate of drug-likeness (QED) is 0.555. The third-order valence-electron chi connectivity index (χ3n) is 5.40. The highest BCUT2D eigenvalue weighted by molar-refractivity contribution is 5.45. The number of benzene rings is 1. The fraction of sp³-hybridized carbons (Fsp3) is 0.600. The first-order chi connectivity index (χ1) is 10.8. The zero-order valence-electron chi connectivity index (χ0n) is 14.9. The third kappa shape index (κ3) is 3.40. The summed E-state index contributed by atoms with van der Waals surface area (Å²) >= 11 is 0. The van der Waals surface area contributed by atoms with Crippen molar-refractivity contribution < 1.29 is 14.2 Å². The average Bonchev–Trinajstić information content (AvgIpc) is 2.81. The van der Waals surface area contributed by atoms with E-state index < -0.39 is 0 Å². The van der Waals surface area contributed by atoms with Crippen LogP contribution in [-0.2, 0) is 4.74 Å². The Bertz CT molecular complexity index is 617. The highest BCUT2D eigenvalue weighted by Gasteiger charge is 2.59. The maximum absolute atomic E-state index is 5.84. The molecule has 2 aliphatic rings. The summed E-state index contributed by atoms with van der Waals surface area (Å²) in [6.07, 6.45) is 4.27. The molecule has 3 nitrogen and oxygen atoms in total.